The number of hydrogen-bond acceptors (Lipinski definition) is 5. The highest BCUT2D eigenvalue weighted by Crippen LogP contribution is 2.31. The molecule has 1 fully saturated rings. The first-order valence-corrected chi connectivity index (χ1v) is 10.5. The summed E-state index contributed by atoms with van der Waals surface area (Å²) in [6.45, 7) is 5.49. The fraction of sp³-hybridized carbons (Fsp3) is 0.409. The number of aromatic nitrogens is 3. The monoisotopic (exact) mass is 447 g/mol. The van der Waals surface area contributed by atoms with Crippen LogP contribution in [-0.4, -0.2) is 39.9 Å². The van der Waals surface area contributed by atoms with Crippen LogP contribution in [0.3, 0.4) is 0 Å². The predicted molar refractivity (Wildman–Crippen MR) is 114 cm³/mol. The number of carbonyl (C=O) groups is 1. The molecule has 0 atom stereocenters. The maximum Gasteiger partial charge on any atom is 0.433 e. The Morgan fingerprint density at radius 2 is 2.00 bits per heavy atom. The molecule has 1 aromatic carbocycles. The minimum Gasteiger partial charge on any atom is -0.490 e. The zero-order valence-electron chi connectivity index (χ0n) is 17.7. The van der Waals surface area contributed by atoms with Gasteiger partial charge in [-0.05, 0) is 58.0 Å². The van der Waals surface area contributed by atoms with Crippen molar-refractivity contribution in [3.8, 4) is 5.75 Å². The molecule has 10 heteroatoms. The molecule has 1 amide bonds. The standard InChI is InChI=1S/C22H24F3N5O2/c1-13(2)32-18-11-17-14(12-30(29-17)15-6-8-26-9-7-15)10-16(18)21(31)28-20-5-3-4-19(27-20)22(23,24)25/h3-5,10-13,15,26H,6-9H2,1-2H3,(H,27,28,31). The van der Waals surface area contributed by atoms with Gasteiger partial charge in [0.2, 0.25) is 0 Å². The lowest BCUT2D eigenvalue weighted by Gasteiger charge is -2.22. The minimum atomic E-state index is -4.60. The van der Waals surface area contributed by atoms with E-state index in [2.05, 4.69) is 20.7 Å². The zero-order valence-corrected chi connectivity index (χ0v) is 17.7. The SMILES string of the molecule is CC(C)Oc1cc2nn(C3CCNCC3)cc2cc1C(=O)Nc1cccc(C(F)(F)F)n1. The molecule has 2 N–H and O–H groups in total. The summed E-state index contributed by atoms with van der Waals surface area (Å²) in [7, 11) is 0. The van der Waals surface area contributed by atoms with Gasteiger partial charge in [0.05, 0.1) is 23.2 Å². The van der Waals surface area contributed by atoms with Crippen molar-refractivity contribution in [2.24, 2.45) is 0 Å². The van der Waals surface area contributed by atoms with Crippen molar-refractivity contribution in [1.82, 2.24) is 20.1 Å². The molecule has 0 bridgehead atoms. The van der Waals surface area contributed by atoms with Crippen LogP contribution in [0, 0.1) is 0 Å². The molecule has 2 aromatic heterocycles. The van der Waals surface area contributed by atoms with Gasteiger partial charge in [0.25, 0.3) is 5.91 Å². The summed E-state index contributed by atoms with van der Waals surface area (Å²) in [5.41, 5.74) is -0.184. The predicted octanol–water partition coefficient (Wildman–Crippen LogP) is 4.41. The molecule has 3 aromatic rings. The van der Waals surface area contributed by atoms with E-state index in [-0.39, 0.29) is 23.5 Å². The molecule has 0 unspecified atom stereocenters. The molecule has 0 spiro atoms. The molecule has 1 aliphatic rings. The first-order chi connectivity index (χ1) is 15.2. The minimum absolute atomic E-state index is 0.189. The molecule has 0 saturated carbocycles. The van der Waals surface area contributed by atoms with Gasteiger partial charge in [-0.1, -0.05) is 6.07 Å². The zero-order chi connectivity index (χ0) is 22.9. The van der Waals surface area contributed by atoms with E-state index < -0.39 is 17.8 Å². The Hall–Kier alpha value is -3.14. The van der Waals surface area contributed by atoms with Crippen LogP contribution in [0.1, 0.15) is 48.8 Å². The number of fused-ring (bicyclic) bond motifs is 1. The van der Waals surface area contributed by atoms with Gasteiger partial charge in [0.1, 0.15) is 17.3 Å². The Bertz CT molecular complexity index is 1120. The average Bonchev–Trinajstić information content (AvgIpc) is 3.16. The van der Waals surface area contributed by atoms with Crippen LogP contribution in [0.2, 0.25) is 0 Å². The van der Waals surface area contributed by atoms with E-state index in [0.717, 1.165) is 37.4 Å². The fourth-order valence-corrected chi connectivity index (χ4v) is 3.70. The number of halogens is 3. The highest BCUT2D eigenvalue weighted by Gasteiger charge is 2.32. The summed E-state index contributed by atoms with van der Waals surface area (Å²) in [6.07, 6.45) is -1.01. The Balaban J connectivity index is 1.67. The summed E-state index contributed by atoms with van der Waals surface area (Å²) in [5, 5.41) is 11.2. The van der Waals surface area contributed by atoms with E-state index in [0.29, 0.717) is 11.3 Å². The van der Waals surface area contributed by atoms with Crippen LogP contribution >= 0.6 is 0 Å². The third-order valence-corrected chi connectivity index (χ3v) is 5.19. The fourth-order valence-electron chi connectivity index (χ4n) is 3.70. The van der Waals surface area contributed by atoms with Gasteiger partial charge in [-0.3, -0.25) is 9.48 Å². The molecule has 32 heavy (non-hydrogen) atoms. The molecular weight excluding hydrogens is 423 g/mol. The number of pyridine rings is 1. The van der Waals surface area contributed by atoms with Crippen LogP contribution < -0.4 is 15.4 Å². The second-order valence-electron chi connectivity index (χ2n) is 8.02. The molecule has 7 nitrogen and oxygen atoms in total. The molecular formula is C22H24F3N5O2. The number of nitrogens with one attached hydrogen (secondary N) is 2. The number of benzene rings is 1. The van der Waals surface area contributed by atoms with Gasteiger partial charge in [-0.25, -0.2) is 4.98 Å². The number of carbonyl (C=O) groups excluding carboxylic acids is 1. The summed E-state index contributed by atoms with van der Waals surface area (Å²) in [5.74, 6) is -0.484. The molecule has 0 aliphatic carbocycles. The van der Waals surface area contributed by atoms with Crippen molar-refractivity contribution in [3.63, 3.8) is 0 Å². The molecule has 1 aliphatic heterocycles. The Kier molecular flexibility index (Phi) is 6.05. The number of ether oxygens (including phenoxy) is 1. The molecule has 1 saturated heterocycles. The first kappa shape index (κ1) is 22.1. The van der Waals surface area contributed by atoms with E-state index in [1.165, 1.54) is 12.1 Å². The lowest BCUT2D eigenvalue weighted by Crippen LogP contribution is -2.29. The van der Waals surface area contributed by atoms with Crippen LogP contribution in [-0.2, 0) is 6.18 Å². The van der Waals surface area contributed by atoms with Gasteiger partial charge >= 0.3 is 6.18 Å². The van der Waals surface area contributed by atoms with E-state index in [9.17, 15) is 18.0 Å². The maximum absolute atomic E-state index is 13.0. The Morgan fingerprint density at radius 3 is 2.69 bits per heavy atom. The lowest BCUT2D eigenvalue weighted by atomic mass is 10.1. The smallest absolute Gasteiger partial charge is 0.433 e. The third kappa shape index (κ3) is 4.85. The first-order valence-electron chi connectivity index (χ1n) is 10.5. The van der Waals surface area contributed by atoms with Crippen molar-refractivity contribution in [1.29, 1.82) is 0 Å². The number of nitrogens with zero attached hydrogens (tertiary/aromatic N) is 3. The van der Waals surface area contributed by atoms with E-state index in [1.807, 2.05) is 24.7 Å². The summed E-state index contributed by atoms with van der Waals surface area (Å²) in [6, 6.07) is 6.98. The van der Waals surface area contributed by atoms with Gasteiger partial charge in [0.15, 0.2) is 0 Å². The highest BCUT2D eigenvalue weighted by atomic mass is 19.4. The molecule has 0 radical (unpaired) electrons. The maximum atomic E-state index is 13.0. The lowest BCUT2D eigenvalue weighted by molar-refractivity contribution is -0.141. The Labute approximate surface area is 183 Å². The summed E-state index contributed by atoms with van der Waals surface area (Å²) >= 11 is 0. The van der Waals surface area contributed by atoms with E-state index in [4.69, 9.17) is 4.74 Å². The molecule has 3 heterocycles. The van der Waals surface area contributed by atoms with Crippen molar-refractivity contribution in [2.45, 2.75) is 45.0 Å². The number of anilines is 1. The summed E-state index contributed by atoms with van der Waals surface area (Å²) < 4.78 is 46.6. The second kappa shape index (κ2) is 8.78. The van der Waals surface area contributed by atoms with Crippen LogP contribution in [0.25, 0.3) is 10.9 Å². The summed E-state index contributed by atoms with van der Waals surface area (Å²) in [4.78, 5) is 16.5. The number of piperidine rings is 1. The van der Waals surface area contributed by atoms with Crippen molar-refractivity contribution < 1.29 is 22.7 Å². The van der Waals surface area contributed by atoms with Gasteiger partial charge < -0.3 is 15.4 Å². The number of amides is 1. The largest absolute Gasteiger partial charge is 0.490 e. The van der Waals surface area contributed by atoms with Crippen molar-refractivity contribution in [2.75, 3.05) is 18.4 Å². The molecule has 4 rings (SSSR count). The van der Waals surface area contributed by atoms with E-state index >= 15 is 0 Å². The van der Waals surface area contributed by atoms with Crippen molar-refractivity contribution in [3.05, 3.63) is 47.8 Å². The highest BCUT2D eigenvalue weighted by molar-refractivity contribution is 6.08. The topological polar surface area (TPSA) is 81.1 Å². The van der Waals surface area contributed by atoms with E-state index in [1.54, 1.807) is 12.1 Å². The van der Waals surface area contributed by atoms with Gasteiger partial charge in [0, 0.05) is 17.6 Å². The van der Waals surface area contributed by atoms with Gasteiger partial charge in [-0.15, -0.1) is 0 Å². The van der Waals surface area contributed by atoms with Crippen LogP contribution in [0.4, 0.5) is 19.0 Å². The van der Waals surface area contributed by atoms with Crippen LogP contribution in [0.5, 0.6) is 5.75 Å². The second-order valence-corrected chi connectivity index (χ2v) is 8.02. The molecule has 170 valence electrons. The van der Waals surface area contributed by atoms with Crippen LogP contribution in [0.15, 0.2) is 36.5 Å². The van der Waals surface area contributed by atoms with Gasteiger partial charge in [-0.2, -0.15) is 18.3 Å². The van der Waals surface area contributed by atoms with Crippen molar-refractivity contribution >= 4 is 22.6 Å². The number of hydrogen-bond donors (Lipinski definition) is 2. The quantitative estimate of drug-likeness (QED) is 0.606. The average molecular weight is 447 g/mol. The number of alkyl halides is 3. The Morgan fingerprint density at radius 1 is 1.25 bits per heavy atom. The third-order valence-electron chi connectivity index (χ3n) is 5.19. The normalized spacial score (nSPS) is 15.3. The number of rotatable bonds is 5.